The Balaban J connectivity index is 4.04. The van der Waals surface area contributed by atoms with E-state index in [-0.39, 0.29) is 0 Å². The van der Waals surface area contributed by atoms with Crippen LogP contribution in [-0.4, -0.2) is 18.0 Å². The molecule has 3 heteroatoms. The van der Waals surface area contributed by atoms with E-state index in [9.17, 15) is 4.79 Å². The maximum atomic E-state index is 10.1. The van der Waals surface area contributed by atoms with Gasteiger partial charge in [0.25, 0.3) is 0 Å². The Hall–Kier alpha value is -1.17. The number of nitriles is 1. The molecule has 0 aromatic heterocycles. The average Bonchev–Trinajstić information content (AvgIpc) is 1.84. The van der Waals surface area contributed by atoms with E-state index in [1.165, 1.54) is 0 Å². The number of aldehydes is 1. The van der Waals surface area contributed by atoms with Gasteiger partial charge in [0.15, 0.2) is 0 Å². The Morgan fingerprint density at radius 1 is 1.67 bits per heavy atom. The van der Waals surface area contributed by atoms with Crippen molar-refractivity contribution in [2.24, 2.45) is 4.99 Å². The third kappa shape index (κ3) is 3.42. The highest BCUT2D eigenvalue weighted by atomic mass is 16.1. The van der Waals surface area contributed by atoms with E-state index < -0.39 is 5.54 Å². The van der Waals surface area contributed by atoms with Crippen molar-refractivity contribution in [1.82, 2.24) is 0 Å². The van der Waals surface area contributed by atoms with Crippen molar-refractivity contribution in [3.63, 3.8) is 0 Å². The summed E-state index contributed by atoms with van der Waals surface area (Å²) >= 11 is 0. The lowest BCUT2D eigenvalue weighted by Gasteiger charge is -2.06. The molecule has 0 fully saturated rings. The van der Waals surface area contributed by atoms with Crippen LogP contribution in [0.5, 0.6) is 0 Å². The van der Waals surface area contributed by atoms with E-state index >= 15 is 0 Å². The molecule has 0 aliphatic heterocycles. The zero-order chi connectivity index (χ0) is 7.33. The molecule has 0 rings (SSSR count). The third-order valence-corrected chi connectivity index (χ3v) is 0.743. The van der Waals surface area contributed by atoms with Crippen molar-refractivity contribution >= 4 is 12.5 Å². The minimum absolute atomic E-state index is 0.695. The predicted octanol–water partition coefficient (Wildman–Crippen LogP) is 0.558. The van der Waals surface area contributed by atoms with E-state index in [4.69, 9.17) is 5.26 Å². The van der Waals surface area contributed by atoms with Crippen LogP contribution in [0, 0.1) is 11.3 Å². The van der Waals surface area contributed by atoms with Crippen LogP contribution in [-0.2, 0) is 4.79 Å². The Kier molecular flexibility index (Phi) is 2.59. The molecule has 0 aliphatic carbocycles. The molecule has 3 nitrogen and oxygen atoms in total. The van der Waals surface area contributed by atoms with Gasteiger partial charge < -0.3 is 4.79 Å². The second-order valence-electron chi connectivity index (χ2n) is 2.16. The molecule has 48 valence electrons. The summed E-state index contributed by atoms with van der Waals surface area (Å²) in [6.07, 6.45) is 1.76. The second-order valence-corrected chi connectivity index (χ2v) is 2.16. The van der Waals surface area contributed by atoms with Gasteiger partial charge in [-0.05, 0) is 13.8 Å². The maximum Gasteiger partial charge on any atom is 0.147 e. The molecule has 0 aromatic rings. The first kappa shape index (κ1) is 7.83. The van der Waals surface area contributed by atoms with Crippen molar-refractivity contribution in [1.29, 1.82) is 5.26 Å². The van der Waals surface area contributed by atoms with Crippen molar-refractivity contribution in [3.05, 3.63) is 0 Å². The maximum absolute atomic E-state index is 10.1. The van der Waals surface area contributed by atoms with Crippen LogP contribution in [0.15, 0.2) is 4.99 Å². The fourth-order valence-electron chi connectivity index (χ4n) is 0.226. The van der Waals surface area contributed by atoms with Gasteiger partial charge in [0.1, 0.15) is 17.9 Å². The normalized spacial score (nSPS) is 11.2. The zero-order valence-corrected chi connectivity index (χ0v) is 5.46. The van der Waals surface area contributed by atoms with Crippen LogP contribution in [0.1, 0.15) is 13.8 Å². The molecule has 0 aliphatic rings. The highest BCUT2D eigenvalue weighted by Gasteiger charge is 2.11. The molecule has 0 saturated heterocycles. The lowest BCUT2D eigenvalue weighted by atomic mass is 10.1. The van der Waals surface area contributed by atoms with E-state index in [2.05, 4.69) is 4.99 Å². The van der Waals surface area contributed by atoms with E-state index in [1.54, 1.807) is 19.9 Å². The quantitative estimate of drug-likeness (QED) is 0.399. The number of hydrogen-bond donors (Lipinski definition) is 0. The molecule has 0 radical (unpaired) electrons. The van der Waals surface area contributed by atoms with Crippen molar-refractivity contribution in [2.75, 3.05) is 0 Å². The summed E-state index contributed by atoms with van der Waals surface area (Å²) in [5, 5.41) is 8.01. The summed E-state index contributed by atoms with van der Waals surface area (Å²) < 4.78 is 0. The van der Waals surface area contributed by atoms with Crippen LogP contribution in [0.25, 0.3) is 0 Å². The predicted molar refractivity (Wildman–Crippen MR) is 34.2 cm³/mol. The van der Waals surface area contributed by atoms with Crippen LogP contribution >= 0.6 is 0 Å². The smallest absolute Gasteiger partial charge is 0.147 e. The molecule has 9 heavy (non-hydrogen) atoms. The van der Waals surface area contributed by atoms with Gasteiger partial charge in [0, 0.05) is 0 Å². The van der Waals surface area contributed by atoms with Crippen LogP contribution < -0.4 is 0 Å². The Bertz CT molecular complexity index is 164. The first-order chi connectivity index (χ1) is 4.12. The molecule has 0 amide bonds. The van der Waals surface area contributed by atoms with E-state index in [0.717, 1.165) is 6.21 Å². The Morgan fingerprint density at radius 3 is 2.56 bits per heavy atom. The standard InChI is InChI=1S/C6H8N2O/c1-6(2,5-9)8-4-3-7/h4-5H,1-2H3/b8-4-. The van der Waals surface area contributed by atoms with Gasteiger partial charge in [-0.15, -0.1) is 0 Å². The van der Waals surface area contributed by atoms with Gasteiger partial charge in [0.2, 0.25) is 0 Å². The van der Waals surface area contributed by atoms with Crippen molar-refractivity contribution in [3.8, 4) is 6.07 Å². The SMILES string of the molecule is CC(C)(C=O)/N=C\C#N. The van der Waals surface area contributed by atoms with Gasteiger partial charge in [-0.3, -0.25) is 4.99 Å². The first-order valence-electron chi connectivity index (χ1n) is 2.52. The zero-order valence-electron chi connectivity index (χ0n) is 5.46. The fourth-order valence-corrected chi connectivity index (χ4v) is 0.226. The third-order valence-electron chi connectivity index (χ3n) is 0.743. The largest absolute Gasteiger partial charge is 0.301 e. The fraction of sp³-hybridized carbons (Fsp3) is 0.500. The molecule has 0 N–H and O–H groups in total. The van der Waals surface area contributed by atoms with Crippen LogP contribution in [0.4, 0.5) is 0 Å². The number of carbonyl (C=O) groups is 1. The molecular formula is C6H8N2O. The summed E-state index contributed by atoms with van der Waals surface area (Å²) in [7, 11) is 0. The highest BCUT2D eigenvalue weighted by Crippen LogP contribution is 2.01. The summed E-state index contributed by atoms with van der Waals surface area (Å²) in [4.78, 5) is 13.7. The lowest BCUT2D eigenvalue weighted by molar-refractivity contribution is -0.111. The molecule has 0 bridgehead atoms. The molecule has 0 spiro atoms. The minimum atomic E-state index is -0.740. The molecular weight excluding hydrogens is 116 g/mol. The van der Waals surface area contributed by atoms with Gasteiger partial charge in [-0.2, -0.15) is 5.26 Å². The Labute approximate surface area is 54.0 Å². The van der Waals surface area contributed by atoms with Gasteiger partial charge in [-0.1, -0.05) is 0 Å². The lowest BCUT2D eigenvalue weighted by Crippen LogP contribution is -2.17. The highest BCUT2D eigenvalue weighted by molar-refractivity contribution is 5.78. The number of nitrogens with zero attached hydrogens (tertiary/aromatic N) is 2. The van der Waals surface area contributed by atoms with Crippen molar-refractivity contribution in [2.45, 2.75) is 19.4 Å². The second kappa shape index (κ2) is 2.98. The molecule has 0 saturated carbocycles. The first-order valence-corrected chi connectivity index (χ1v) is 2.52. The number of hydrogen-bond acceptors (Lipinski definition) is 3. The molecule has 0 aromatic carbocycles. The molecule has 0 atom stereocenters. The molecule has 0 unspecified atom stereocenters. The summed E-state index contributed by atoms with van der Waals surface area (Å²) in [5.41, 5.74) is -0.740. The summed E-state index contributed by atoms with van der Waals surface area (Å²) in [6.45, 7) is 3.27. The summed E-state index contributed by atoms with van der Waals surface area (Å²) in [6, 6.07) is 1.71. The molecule has 0 heterocycles. The topological polar surface area (TPSA) is 53.2 Å². The number of aliphatic imine (C=N–C) groups is 1. The van der Waals surface area contributed by atoms with Gasteiger partial charge in [-0.25, -0.2) is 0 Å². The van der Waals surface area contributed by atoms with E-state index in [1.807, 2.05) is 0 Å². The number of carbonyl (C=O) groups excluding carboxylic acids is 1. The average molecular weight is 124 g/mol. The summed E-state index contributed by atoms with van der Waals surface area (Å²) in [5.74, 6) is 0. The minimum Gasteiger partial charge on any atom is -0.301 e. The Morgan fingerprint density at radius 2 is 2.22 bits per heavy atom. The van der Waals surface area contributed by atoms with Gasteiger partial charge >= 0.3 is 0 Å². The van der Waals surface area contributed by atoms with Crippen LogP contribution in [0.2, 0.25) is 0 Å². The monoisotopic (exact) mass is 124 g/mol. The van der Waals surface area contributed by atoms with E-state index in [0.29, 0.717) is 6.29 Å². The van der Waals surface area contributed by atoms with Crippen LogP contribution in [0.3, 0.4) is 0 Å². The number of rotatable bonds is 2. The van der Waals surface area contributed by atoms with Crippen molar-refractivity contribution < 1.29 is 4.79 Å². The van der Waals surface area contributed by atoms with Gasteiger partial charge in [0.05, 0.1) is 6.21 Å².